The molecule has 0 unspecified atom stereocenters. The van der Waals surface area contributed by atoms with Crippen LogP contribution in [0.5, 0.6) is 0 Å². The fraction of sp³-hybridized carbons (Fsp3) is 0.276. The number of hydrogen-bond acceptors (Lipinski definition) is 7. The molecule has 0 atom stereocenters. The van der Waals surface area contributed by atoms with Gasteiger partial charge in [-0.1, -0.05) is 23.7 Å². The number of amides is 2. The molecule has 0 saturated carbocycles. The van der Waals surface area contributed by atoms with Crippen LogP contribution in [0, 0.1) is 15.9 Å². The van der Waals surface area contributed by atoms with Gasteiger partial charge in [0.2, 0.25) is 0 Å². The quantitative estimate of drug-likeness (QED) is 0.226. The first-order valence-electron chi connectivity index (χ1n) is 13.5. The summed E-state index contributed by atoms with van der Waals surface area (Å²) in [5.74, 6) is -1.51. The minimum absolute atomic E-state index is 0.0110. The van der Waals surface area contributed by atoms with Crippen LogP contribution in [0.1, 0.15) is 33.6 Å². The molecule has 2 N–H and O–H groups in total. The van der Waals surface area contributed by atoms with Crippen LogP contribution in [0.4, 0.5) is 27.1 Å². The van der Waals surface area contributed by atoms with Gasteiger partial charge in [0.25, 0.3) is 17.5 Å². The standard InChI is InChI=1S/C29H28ClFN6O4S/c30-20-8-10-24(35-13-15-36(16-14-35)28(39)21-5-1-2-6-22(21)31)23(18-20)32-29(42)33-27(38)19-7-9-25(26(17-19)37(40)41)34-11-3-4-12-34/h1-2,5-10,17-18H,3-4,11-16H2,(H2,32,33,38,42). The van der Waals surface area contributed by atoms with Crippen LogP contribution in [-0.4, -0.2) is 66.0 Å². The van der Waals surface area contributed by atoms with Gasteiger partial charge in [0.15, 0.2) is 5.11 Å². The normalized spacial score (nSPS) is 15.0. The van der Waals surface area contributed by atoms with E-state index in [9.17, 15) is 24.1 Å². The number of carbonyl (C=O) groups is 2. The smallest absolute Gasteiger partial charge is 0.293 e. The molecule has 2 aliphatic rings. The molecule has 2 amide bonds. The Bertz CT molecular complexity index is 1540. The average Bonchev–Trinajstić information content (AvgIpc) is 3.52. The van der Waals surface area contributed by atoms with E-state index < -0.39 is 16.6 Å². The Morgan fingerprint density at radius 1 is 0.905 bits per heavy atom. The van der Waals surface area contributed by atoms with Gasteiger partial charge in [-0.05, 0) is 67.5 Å². The molecule has 0 aromatic heterocycles. The van der Waals surface area contributed by atoms with E-state index in [1.165, 1.54) is 18.2 Å². The minimum atomic E-state index is -0.590. The van der Waals surface area contributed by atoms with Crippen LogP contribution in [0.3, 0.4) is 0 Å². The van der Waals surface area contributed by atoms with E-state index in [1.807, 2.05) is 15.9 Å². The second-order valence-corrected chi connectivity index (χ2v) is 10.8. The first-order chi connectivity index (χ1) is 20.2. The van der Waals surface area contributed by atoms with E-state index >= 15 is 0 Å². The lowest BCUT2D eigenvalue weighted by Gasteiger charge is -2.37. The van der Waals surface area contributed by atoms with E-state index in [0.29, 0.717) is 42.6 Å². The minimum Gasteiger partial charge on any atom is -0.366 e. The number of nitro benzene ring substituents is 1. The lowest BCUT2D eigenvalue weighted by molar-refractivity contribution is -0.384. The Labute approximate surface area is 252 Å². The second-order valence-electron chi connectivity index (χ2n) is 9.98. The SMILES string of the molecule is O=C(NC(=S)Nc1cc(Cl)ccc1N1CCN(C(=O)c2ccccc2F)CC1)c1ccc(N2CCCC2)c([N+](=O)[O-])c1. The molecule has 0 spiro atoms. The van der Waals surface area contributed by atoms with Gasteiger partial charge in [0, 0.05) is 55.9 Å². The third kappa shape index (κ3) is 6.44. The average molecular weight is 611 g/mol. The van der Waals surface area contributed by atoms with Crippen LogP contribution >= 0.6 is 23.8 Å². The van der Waals surface area contributed by atoms with Crippen molar-refractivity contribution in [3.05, 3.63) is 92.7 Å². The molecule has 2 fully saturated rings. The maximum absolute atomic E-state index is 14.1. The van der Waals surface area contributed by atoms with Crippen molar-refractivity contribution < 1.29 is 18.9 Å². The van der Waals surface area contributed by atoms with E-state index in [0.717, 1.165) is 31.6 Å². The first-order valence-corrected chi connectivity index (χ1v) is 14.2. The second kappa shape index (κ2) is 12.7. The number of carbonyl (C=O) groups excluding carboxylic acids is 2. The number of hydrogen-bond donors (Lipinski definition) is 2. The van der Waals surface area contributed by atoms with Crippen molar-refractivity contribution in [1.82, 2.24) is 10.2 Å². The summed E-state index contributed by atoms with van der Waals surface area (Å²) in [5, 5.41) is 17.8. The van der Waals surface area contributed by atoms with Crippen LogP contribution < -0.4 is 20.4 Å². The summed E-state index contributed by atoms with van der Waals surface area (Å²) in [5.41, 5.74) is 1.80. The van der Waals surface area contributed by atoms with Crippen LogP contribution in [0.2, 0.25) is 5.02 Å². The van der Waals surface area contributed by atoms with Crippen molar-refractivity contribution in [2.24, 2.45) is 0 Å². The lowest BCUT2D eigenvalue weighted by atomic mass is 10.1. The van der Waals surface area contributed by atoms with E-state index in [-0.39, 0.29) is 27.8 Å². The molecule has 0 radical (unpaired) electrons. The lowest BCUT2D eigenvalue weighted by Crippen LogP contribution is -2.49. The van der Waals surface area contributed by atoms with E-state index in [1.54, 1.807) is 41.3 Å². The summed E-state index contributed by atoms with van der Waals surface area (Å²) in [6.45, 7) is 3.18. The number of piperazine rings is 1. The predicted molar refractivity (Wildman–Crippen MR) is 164 cm³/mol. The number of benzene rings is 3. The highest BCUT2D eigenvalue weighted by Gasteiger charge is 2.26. The number of rotatable bonds is 6. The summed E-state index contributed by atoms with van der Waals surface area (Å²) in [7, 11) is 0. The van der Waals surface area contributed by atoms with Gasteiger partial charge in [0.05, 0.1) is 21.9 Å². The molecule has 13 heteroatoms. The van der Waals surface area contributed by atoms with Crippen LogP contribution in [0.15, 0.2) is 60.7 Å². The molecule has 2 aliphatic heterocycles. The molecular weight excluding hydrogens is 583 g/mol. The Hall–Kier alpha value is -4.29. The number of thiocarbonyl (C=S) groups is 1. The summed E-state index contributed by atoms with van der Waals surface area (Å²) < 4.78 is 14.1. The molecule has 0 aliphatic carbocycles. The van der Waals surface area contributed by atoms with Crippen molar-refractivity contribution in [2.45, 2.75) is 12.8 Å². The number of anilines is 3. The van der Waals surface area contributed by atoms with Gasteiger partial charge in [-0.25, -0.2) is 4.39 Å². The van der Waals surface area contributed by atoms with Gasteiger partial charge < -0.3 is 20.0 Å². The van der Waals surface area contributed by atoms with E-state index in [4.69, 9.17) is 23.8 Å². The Kier molecular flexibility index (Phi) is 8.83. The zero-order valence-electron chi connectivity index (χ0n) is 22.5. The summed E-state index contributed by atoms with van der Waals surface area (Å²) in [6, 6.07) is 15.5. The molecule has 2 heterocycles. The fourth-order valence-electron chi connectivity index (χ4n) is 5.20. The van der Waals surface area contributed by atoms with Gasteiger partial charge in [0.1, 0.15) is 11.5 Å². The maximum atomic E-state index is 14.1. The van der Waals surface area contributed by atoms with Gasteiger partial charge >= 0.3 is 0 Å². The number of nitrogens with one attached hydrogen (secondary N) is 2. The molecule has 2 saturated heterocycles. The molecule has 0 bridgehead atoms. The van der Waals surface area contributed by atoms with Crippen molar-refractivity contribution in [1.29, 1.82) is 0 Å². The Balaban J connectivity index is 1.25. The summed E-state index contributed by atoms with van der Waals surface area (Å²) >= 11 is 11.7. The zero-order chi connectivity index (χ0) is 29.8. The molecule has 5 rings (SSSR count). The molecule has 42 heavy (non-hydrogen) atoms. The third-order valence-corrected chi connectivity index (χ3v) is 7.77. The predicted octanol–water partition coefficient (Wildman–Crippen LogP) is 5.08. The van der Waals surface area contributed by atoms with Crippen LogP contribution in [-0.2, 0) is 0 Å². The topological polar surface area (TPSA) is 111 Å². The van der Waals surface area contributed by atoms with E-state index in [2.05, 4.69) is 10.6 Å². The zero-order valence-corrected chi connectivity index (χ0v) is 24.1. The van der Waals surface area contributed by atoms with Crippen molar-refractivity contribution >= 4 is 63.5 Å². The van der Waals surface area contributed by atoms with Crippen molar-refractivity contribution in [2.75, 3.05) is 54.4 Å². The van der Waals surface area contributed by atoms with Crippen molar-refractivity contribution in [3.63, 3.8) is 0 Å². The highest BCUT2D eigenvalue weighted by Crippen LogP contribution is 2.32. The van der Waals surface area contributed by atoms with Crippen molar-refractivity contribution in [3.8, 4) is 0 Å². The highest BCUT2D eigenvalue weighted by atomic mass is 35.5. The number of halogens is 2. The molecule has 3 aromatic carbocycles. The first kappa shape index (κ1) is 29.2. The molecule has 218 valence electrons. The Morgan fingerprint density at radius 2 is 1.57 bits per heavy atom. The largest absolute Gasteiger partial charge is 0.366 e. The highest BCUT2D eigenvalue weighted by molar-refractivity contribution is 7.80. The molecular formula is C29H28ClFN6O4S. The molecule has 3 aromatic rings. The molecule has 10 nitrogen and oxygen atoms in total. The van der Waals surface area contributed by atoms with Gasteiger partial charge in [-0.3, -0.25) is 25.0 Å². The third-order valence-electron chi connectivity index (χ3n) is 7.33. The maximum Gasteiger partial charge on any atom is 0.293 e. The fourth-order valence-corrected chi connectivity index (χ4v) is 5.58. The van der Waals surface area contributed by atoms with Gasteiger partial charge in [-0.15, -0.1) is 0 Å². The summed E-state index contributed by atoms with van der Waals surface area (Å²) in [4.78, 5) is 42.6. The van der Waals surface area contributed by atoms with Gasteiger partial charge in [-0.2, -0.15) is 0 Å². The summed E-state index contributed by atoms with van der Waals surface area (Å²) in [6.07, 6.45) is 1.93. The monoisotopic (exact) mass is 610 g/mol. The number of nitrogens with zero attached hydrogens (tertiary/aromatic N) is 4. The van der Waals surface area contributed by atoms with Crippen LogP contribution in [0.25, 0.3) is 0 Å². The number of nitro groups is 1. The Morgan fingerprint density at radius 3 is 2.26 bits per heavy atom.